The summed E-state index contributed by atoms with van der Waals surface area (Å²) in [5.41, 5.74) is 6.54. The molecule has 1 aliphatic heterocycles. The molecule has 1 fully saturated rings. The Kier molecular flexibility index (Phi) is 16.7. The third kappa shape index (κ3) is 15.3. The number of amides is 8. The van der Waals surface area contributed by atoms with Crippen molar-refractivity contribution < 1.29 is 43.0 Å². The van der Waals surface area contributed by atoms with Gasteiger partial charge in [-0.05, 0) is 67.6 Å². The molecule has 16 nitrogen and oxygen atoms in total. The summed E-state index contributed by atoms with van der Waals surface area (Å²) in [6.07, 6.45) is 6.60. The van der Waals surface area contributed by atoms with Crippen LogP contribution in [-0.4, -0.2) is 103 Å². The Balaban J connectivity index is 1.39. The topological polar surface area (TPSA) is 219 Å². The van der Waals surface area contributed by atoms with Crippen molar-refractivity contribution in [1.29, 1.82) is 0 Å². The van der Waals surface area contributed by atoms with Gasteiger partial charge in [0.25, 0.3) is 11.8 Å². The Hall–Kier alpha value is -4.99. The van der Waals surface area contributed by atoms with Crippen LogP contribution in [0.25, 0.3) is 0 Å². The van der Waals surface area contributed by atoms with Crippen LogP contribution in [0, 0.1) is 11.3 Å². The highest BCUT2D eigenvalue weighted by Gasteiger charge is 2.37. The number of nitrogens with zero attached hydrogens (tertiary/aromatic N) is 2. The van der Waals surface area contributed by atoms with Crippen LogP contribution in [0.15, 0.2) is 36.4 Å². The normalized spacial score (nSPS) is 18.0. The van der Waals surface area contributed by atoms with Crippen molar-refractivity contribution in [1.82, 2.24) is 25.8 Å². The molecular formula is C37H55N7O9. The summed E-state index contributed by atoms with van der Waals surface area (Å²) >= 11 is 0. The van der Waals surface area contributed by atoms with Crippen molar-refractivity contribution in [3.05, 3.63) is 42.0 Å². The second-order valence-electron chi connectivity index (χ2n) is 14.4. The molecule has 2 aliphatic rings. The molecule has 8 amide bonds. The van der Waals surface area contributed by atoms with E-state index in [-0.39, 0.29) is 68.3 Å². The molecule has 1 aromatic carbocycles. The molecule has 3 unspecified atom stereocenters. The number of benzene rings is 1. The smallest absolute Gasteiger partial charge is 0.409 e. The Morgan fingerprint density at radius 2 is 1.66 bits per heavy atom. The average Bonchev–Trinajstić information content (AvgIpc) is 3.57. The zero-order chi connectivity index (χ0) is 39.0. The van der Waals surface area contributed by atoms with Crippen molar-refractivity contribution in [3.8, 4) is 0 Å². The third-order valence-electron chi connectivity index (χ3n) is 9.17. The number of nitrogens with two attached hydrogens (primary N) is 1. The second kappa shape index (κ2) is 20.9. The van der Waals surface area contributed by atoms with Gasteiger partial charge in [0.1, 0.15) is 12.6 Å². The van der Waals surface area contributed by atoms with Crippen molar-refractivity contribution in [2.45, 2.75) is 90.9 Å². The maximum atomic E-state index is 13.2. The number of hydrogen-bond acceptors (Lipinski definition) is 9. The summed E-state index contributed by atoms with van der Waals surface area (Å²) in [5.74, 6) is -1.65. The SMILES string of the molecule is CC1CC(C)(C)CC1OCCN(C)C(=O)OCc1ccc(NC(=O)C(CCCNC(N)=O)NC(=O)CNC(=O)CCCCCN2C(=O)C=CC2=O)cc1. The predicted octanol–water partition coefficient (Wildman–Crippen LogP) is 2.57. The number of hydrogen-bond donors (Lipinski definition) is 5. The van der Waals surface area contributed by atoms with Crippen LogP contribution in [0.4, 0.5) is 15.3 Å². The van der Waals surface area contributed by atoms with Crippen LogP contribution in [0.3, 0.4) is 0 Å². The molecule has 0 bridgehead atoms. The summed E-state index contributed by atoms with van der Waals surface area (Å²) in [5, 5.41) is 10.4. The Morgan fingerprint density at radius 1 is 0.962 bits per heavy atom. The van der Waals surface area contributed by atoms with Crippen molar-refractivity contribution in [2.75, 3.05) is 45.2 Å². The van der Waals surface area contributed by atoms with Gasteiger partial charge in [0.05, 0.1) is 19.3 Å². The van der Waals surface area contributed by atoms with Gasteiger partial charge in [-0.3, -0.25) is 28.9 Å². The largest absolute Gasteiger partial charge is 0.445 e. The first kappa shape index (κ1) is 42.4. The molecule has 6 N–H and O–H groups in total. The summed E-state index contributed by atoms with van der Waals surface area (Å²) < 4.78 is 11.5. The Morgan fingerprint density at radius 3 is 2.30 bits per heavy atom. The molecule has 0 spiro atoms. The van der Waals surface area contributed by atoms with Gasteiger partial charge in [0.15, 0.2) is 0 Å². The third-order valence-corrected chi connectivity index (χ3v) is 9.17. The van der Waals surface area contributed by atoms with Crippen molar-refractivity contribution in [3.63, 3.8) is 0 Å². The number of anilines is 1. The lowest BCUT2D eigenvalue weighted by Gasteiger charge is -2.21. The molecule has 3 atom stereocenters. The Bertz CT molecular complexity index is 1460. The zero-order valence-corrected chi connectivity index (χ0v) is 31.2. The van der Waals surface area contributed by atoms with Gasteiger partial charge in [0.2, 0.25) is 17.7 Å². The van der Waals surface area contributed by atoms with E-state index < -0.39 is 30.0 Å². The average molecular weight is 742 g/mol. The number of carbonyl (C=O) groups is 7. The van der Waals surface area contributed by atoms with Crippen molar-refractivity contribution in [2.24, 2.45) is 17.1 Å². The fourth-order valence-electron chi connectivity index (χ4n) is 6.34. The van der Waals surface area contributed by atoms with E-state index in [4.69, 9.17) is 15.2 Å². The van der Waals surface area contributed by atoms with Gasteiger partial charge in [-0.1, -0.05) is 39.3 Å². The molecule has 292 valence electrons. The molecule has 16 heteroatoms. The fourth-order valence-corrected chi connectivity index (χ4v) is 6.34. The minimum atomic E-state index is -0.983. The molecule has 0 radical (unpaired) electrons. The predicted molar refractivity (Wildman–Crippen MR) is 196 cm³/mol. The van der Waals surface area contributed by atoms with E-state index in [1.54, 1.807) is 31.3 Å². The van der Waals surface area contributed by atoms with Crippen LogP contribution in [0.2, 0.25) is 0 Å². The highest BCUT2D eigenvalue weighted by Crippen LogP contribution is 2.42. The van der Waals surface area contributed by atoms with Gasteiger partial charge in [-0.15, -0.1) is 0 Å². The number of nitrogens with one attached hydrogen (secondary N) is 4. The molecule has 1 heterocycles. The number of imide groups is 1. The van der Waals surface area contributed by atoms with E-state index in [0.29, 0.717) is 56.0 Å². The van der Waals surface area contributed by atoms with E-state index in [0.717, 1.165) is 17.7 Å². The summed E-state index contributed by atoms with van der Waals surface area (Å²) in [6.45, 7) is 7.67. The lowest BCUT2D eigenvalue weighted by molar-refractivity contribution is -0.137. The van der Waals surface area contributed by atoms with E-state index in [1.807, 2.05) is 0 Å². The number of primary amides is 1. The van der Waals surface area contributed by atoms with Crippen LogP contribution < -0.4 is 27.0 Å². The molecule has 3 rings (SSSR count). The maximum absolute atomic E-state index is 13.2. The number of unbranched alkanes of at least 4 members (excludes halogenated alkanes) is 2. The number of likely N-dealkylation sites (N-methyl/N-ethyl adjacent to an activating group) is 1. The number of ether oxygens (including phenoxy) is 2. The van der Waals surface area contributed by atoms with Gasteiger partial charge in [-0.25, -0.2) is 9.59 Å². The quantitative estimate of drug-likeness (QED) is 0.0923. The van der Waals surface area contributed by atoms with E-state index in [9.17, 15) is 33.6 Å². The lowest BCUT2D eigenvalue weighted by Crippen LogP contribution is -2.47. The van der Waals surface area contributed by atoms with E-state index in [2.05, 4.69) is 42.0 Å². The van der Waals surface area contributed by atoms with Crippen LogP contribution in [0.5, 0.6) is 0 Å². The number of carbonyl (C=O) groups excluding carboxylic acids is 7. The first-order valence-corrected chi connectivity index (χ1v) is 18.2. The monoisotopic (exact) mass is 741 g/mol. The first-order chi connectivity index (χ1) is 25.1. The van der Waals surface area contributed by atoms with E-state index in [1.165, 1.54) is 17.1 Å². The van der Waals surface area contributed by atoms with Gasteiger partial charge >= 0.3 is 12.1 Å². The summed E-state index contributed by atoms with van der Waals surface area (Å²) in [7, 11) is 1.66. The Labute approximate surface area is 310 Å². The molecular weight excluding hydrogens is 686 g/mol. The van der Waals surface area contributed by atoms with E-state index >= 15 is 0 Å². The van der Waals surface area contributed by atoms with Crippen LogP contribution >= 0.6 is 0 Å². The molecule has 0 saturated heterocycles. The van der Waals surface area contributed by atoms with Crippen molar-refractivity contribution >= 4 is 47.3 Å². The minimum Gasteiger partial charge on any atom is -0.445 e. The number of urea groups is 1. The summed E-state index contributed by atoms with van der Waals surface area (Å²) in [6, 6.07) is 5.01. The standard InChI is InChI=1S/C37H55N7O9/c1-25-21-37(2,3)22-29(25)52-20-19-43(4)36(51)53-24-26-11-13-27(14-12-26)41-34(49)28(9-8-17-39-35(38)50)42-31(46)23-40-30(45)10-6-5-7-18-44-32(47)15-16-33(44)48/h11-16,25,28-29H,5-10,17-24H2,1-4H3,(H,40,45)(H,41,49)(H,42,46)(H3,38,39,50). The molecule has 0 aromatic heterocycles. The zero-order valence-electron chi connectivity index (χ0n) is 31.2. The first-order valence-electron chi connectivity index (χ1n) is 18.2. The summed E-state index contributed by atoms with van der Waals surface area (Å²) in [4.78, 5) is 87.6. The molecule has 53 heavy (non-hydrogen) atoms. The van der Waals surface area contributed by atoms with Gasteiger partial charge in [-0.2, -0.15) is 0 Å². The van der Waals surface area contributed by atoms with Crippen LogP contribution in [0.1, 0.15) is 77.7 Å². The highest BCUT2D eigenvalue weighted by atomic mass is 16.6. The molecule has 1 aliphatic carbocycles. The highest BCUT2D eigenvalue weighted by molar-refractivity contribution is 6.12. The maximum Gasteiger partial charge on any atom is 0.409 e. The minimum absolute atomic E-state index is 0.0295. The van der Waals surface area contributed by atoms with Gasteiger partial charge in [0, 0.05) is 50.9 Å². The molecule has 1 aromatic rings. The lowest BCUT2D eigenvalue weighted by atomic mass is 9.91. The van der Waals surface area contributed by atoms with Crippen LogP contribution in [-0.2, 0) is 40.1 Å². The second-order valence-corrected chi connectivity index (χ2v) is 14.4. The molecule has 1 saturated carbocycles. The fraction of sp³-hybridized carbons (Fsp3) is 0.595. The van der Waals surface area contributed by atoms with Gasteiger partial charge < -0.3 is 41.4 Å². The number of rotatable bonds is 21.